The van der Waals surface area contributed by atoms with Crippen LogP contribution in [0.2, 0.25) is 0 Å². The van der Waals surface area contributed by atoms with Crippen molar-refractivity contribution in [1.82, 2.24) is 10.3 Å². The molecule has 88 valence electrons. The summed E-state index contributed by atoms with van der Waals surface area (Å²) in [6, 6.07) is 3.14. The summed E-state index contributed by atoms with van der Waals surface area (Å²) < 4.78 is 0. The van der Waals surface area contributed by atoms with E-state index < -0.39 is 5.54 Å². The number of hydrogen-bond acceptors (Lipinski definition) is 3. The van der Waals surface area contributed by atoms with Crippen LogP contribution in [0.4, 0.5) is 10.5 Å². The second-order valence-electron chi connectivity index (χ2n) is 3.89. The molecule has 0 saturated heterocycles. The molecule has 1 atom stereocenters. The van der Waals surface area contributed by atoms with Gasteiger partial charge in [0.1, 0.15) is 0 Å². The lowest BCUT2D eigenvalue weighted by Gasteiger charge is -2.27. The van der Waals surface area contributed by atoms with Crippen LogP contribution in [0.3, 0.4) is 0 Å². The van der Waals surface area contributed by atoms with Crippen LogP contribution in [0.15, 0.2) is 24.5 Å². The number of nitrogens with one attached hydrogen (secondary N) is 2. The Hall–Kier alpha value is -1.62. The van der Waals surface area contributed by atoms with Gasteiger partial charge in [0.05, 0.1) is 24.0 Å². The normalized spacial score (nSPS) is 13.9. The van der Waals surface area contributed by atoms with Crippen molar-refractivity contribution in [2.24, 2.45) is 0 Å². The molecule has 0 aliphatic carbocycles. The van der Waals surface area contributed by atoms with E-state index in [9.17, 15) is 4.79 Å². The highest BCUT2D eigenvalue weighted by Crippen LogP contribution is 2.08. The Balaban J connectivity index is 2.54. The highest BCUT2D eigenvalue weighted by molar-refractivity contribution is 5.89. The molecule has 5 nitrogen and oxygen atoms in total. The lowest BCUT2D eigenvalue weighted by molar-refractivity contribution is 0.172. The molecule has 16 heavy (non-hydrogen) atoms. The van der Waals surface area contributed by atoms with Crippen molar-refractivity contribution < 1.29 is 9.90 Å². The largest absolute Gasteiger partial charge is 0.394 e. The Morgan fingerprint density at radius 2 is 2.38 bits per heavy atom. The van der Waals surface area contributed by atoms with Crippen LogP contribution in [-0.2, 0) is 0 Å². The van der Waals surface area contributed by atoms with Crippen molar-refractivity contribution in [1.29, 1.82) is 0 Å². The van der Waals surface area contributed by atoms with E-state index >= 15 is 0 Å². The summed E-state index contributed by atoms with van der Waals surface area (Å²) in [6.07, 6.45) is 3.85. The molecule has 1 heterocycles. The van der Waals surface area contributed by atoms with Gasteiger partial charge in [0, 0.05) is 6.20 Å². The summed E-state index contributed by atoms with van der Waals surface area (Å²) in [5, 5.41) is 14.5. The number of amides is 2. The number of pyridine rings is 1. The average molecular weight is 223 g/mol. The molecule has 0 aliphatic rings. The number of aliphatic hydroxyl groups excluding tert-OH is 1. The van der Waals surface area contributed by atoms with Crippen LogP contribution in [0.5, 0.6) is 0 Å². The fraction of sp³-hybridized carbons (Fsp3) is 0.455. The minimum atomic E-state index is -0.591. The summed E-state index contributed by atoms with van der Waals surface area (Å²) in [6.45, 7) is 3.60. The number of carbonyl (C=O) groups excluding carboxylic acids is 1. The third-order valence-corrected chi connectivity index (χ3v) is 2.46. The van der Waals surface area contributed by atoms with Gasteiger partial charge in [-0.15, -0.1) is 0 Å². The van der Waals surface area contributed by atoms with Gasteiger partial charge >= 0.3 is 6.03 Å². The SMILES string of the molecule is CCC(C)(CO)NC(=O)Nc1cccnc1. The summed E-state index contributed by atoms with van der Waals surface area (Å²) in [5.41, 5.74) is 0.0307. The molecule has 5 heteroatoms. The molecule has 0 fully saturated rings. The number of rotatable bonds is 4. The van der Waals surface area contributed by atoms with Crippen LogP contribution in [0, 0.1) is 0 Å². The molecule has 1 aromatic heterocycles. The molecule has 1 aromatic rings. The van der Waals surface area contributed by atoms with Crippen molar-refractivity contribution >= 4 is 11.7 Å². The van der Waals surface area contributed by atoms with E-state index in [0.717, 1.165) is 0 Å². The van der Waals surface area contributed by atoms with Crippen LogP contribution in [0.1, 0.15) is 20.3 Å². The summed E-state index contributed by atoms with van der Waals surface area (Å²) in [5.74, 6) is 0. The van der Waals surface area contributed by atoms with Gasteiger partial charge in [0.25, 0.3) is 0 Å². The quantitative estimate of drug-likeness (QED) is 0.721. The van der Waals surface area contributed by atoms with Gasteiger partial charge in [-0.1, -0.05) is 6.92 Å². The first kappa shape index (κ1) is 12.4. The van der Waals surface area contributed by atoms with E-state index in [1.807, 2.05) is 6.92 Å². The van der Waals surface area contributed by atoms with Gasteiger partial charge in [-0.05, 0) is 25.5 Å². The van der Waals surface area contributed by atoms with E-state index in [2.05, 4.69) is 15.6 Å². The standard InChI is InChI=1S/C11H17N3O2/c1-3-11(2,8-15)14-10(16)13-9-5-4-6-12-7-9/h4-7,15H,3,8H2,1-2H3,(H2,13,14,16). The Morgan fingerprint density at radius 1 is 1.62 bits per heavy atom. The maximum absolute atomic E-state index is 11.6. The van der Waals surface area contributed by atoms with E-state index in [-0.39, 0.29) is 12.6 Å². The first-order valence-electron chi connectivity index (χ1n) is 5.19. The lowest BCUT2D eigenvalue weighted by Crippen LogP contribution is -2.50. The molecule has 0 saturated carbocycles. The van der Waals surface area contributed by atoms with E-state index in [1.54, 1.807) is 31.5 Å². The molecular weight excluding hydrogens is 206 g/mol. The van der Waals surface area contributed by atoms with Crippen molar-refractivity contribution in [3.05, 3.63) is 24.5 Å². The molecule has 0 spiro atoms. The van der Waals surface area contributed by atoms with Crippen LogP contribution < -0.4 is 10.6 Å². The van der Waals surface area contributed by atoms with Gasteiger partial charge in [-0.25, -0.2) is 4.79 Å². The highest BCUT2D eigenvalue weighted by atomic mass is 16.3. The smallest absolute Gasteiger partial charge is 0.319 e. The van der Waals surface area contributed by atoms with E-state index in [4.69, 9.17) is 5.11 Å². The maximum Gasteiger partial charge on any atom is 0.319 e. The van der Waals surface area contributed by atoms with Gasteiger partial charge in [0.15, 0.2) is 0 Å². The zero-order chi connectivity index (χ0) is 12.0. The van der Waals surface area contributed by atoms with Crippen LogP contribution in [-0.4, -0.2) is 28.3 Å². The predicted octanol–water partition coefficient (Wildman–Crippen LogP) is 1.36. The molecular formula is C11H17N3O2. The van der Waals surface area contributed by atoms with Crippen molar-refractivity contribution in [3.8, 4) is 0 Å². The lowest BCUT2D eigenvalue weighted by atomic mass is 10.0. The summed E-state index contributed by atoms with van der Waals surface area (Å²) >= 11 is 0. The molecule has 0 radical (unpaired) electrons. The average Bonchev–Trinajstić information content (AvgIpc) is 2.30. The van der Waals surface area contributed by atoms with Crippen molar-refractivity contribution in [2.75, 3.05) is 11.9 Å². The zero-order valence-corrected chi connectivity index (χ0v) is 9.53. The highest BCUT2D eigenvalue weighted by Gasteiger charge is 2.22. The summed E-state index contributed by atoms with van der Waals surface area (Å²) in [4.78, 5) is 15.5. The first-order chi connectivity index (χ1) is 7.59. The van der Waals surface area contributed by atoms with E-state index in [0.29, 0.717) is 12.1 Å². The van der Waals surface area contributed by atoms with Gasteiger partial charge in [-0.3, -0.25) is 4.98 Å². The Kier molecular flexibility index (Phi) is 4.25. The molecule has 1 unspecified atom stereocenters. The maximum atomic E-state index is 11.6. The second-order valence-corrected chi connectivity index (χ2v) is 3.89. The third-order valence-electron chi connectivity index (χ3n) is 2.46. The molecule has 0 aromatic carbocycles. The number of nitrogens with zero attached hydrogens (tertiary/aromatic N) is 1. The second kappa shape index (κ2) is 5.46. The van der Waals surface area contributed by atoms with Gasteiger partial charge in [-0.2, -0.15) is 0 Å². The number of urea groups is 1. The van der Waals surface area contributed by atoms with Crippen LogP contribution in [0.25, 0.3) is 0 Å². The predicted molar refractivity (Wildman–Crippen MR) is 62.2 cm³/mol. The Morgan fingerprint density at radius 3 is 2.88 bits per heavy atom. The molecule has 2 amide bonds. The molecule has 0 aliphatic heterocycles. The number of aromatic nitrogens is 1. The molecule has 0 bridgehead atoms. The number of hydrogen-bond donors (Lipinski definition) is 3. The molecule has 1 rings (SSSR count). The van der Waals surface area contributed by atoms with Crippen molar-refractivity contribution in [3.63, 3.8) is 0 Å². The van der Waals surface area contributed by atoms with E-state index in [1.165, 1.54) is 0 Å². The van der Waals surface area contributed by atoms with Gasteiger partial charge in [0.2, 0.25) is 0 Å². The van der Waals surface area contributed by atoms with Crippen LogP contribution >= 0.6 is 0 Å². The number of anilines is 1. The Labute approximate surface area is 94.9 Å². The Bertz CT molecular complexity index is 336. The first-order valence-corrected chi connectivity index (χ1v) is 5.19. The number of carbonyl (C=O) groups is 1. The topological polar surface area (TPSA) is 74.2 Å². The minimum Gasteiger partial charge on any atom is -0.394 e. The fourth-order valence-corrected chi connectivity index (χ4v) is 1.11. The minimum absolute atomic E-state index is 0.0933. The zero-order valence-electron chi connectivity index (χ0n) is 9.53. The van der Waals surface area contributed by atoms with Crippen molar-refractivity contribution in [2.45, 2.75) is 25.8 Å². The summed E-state index contributed by atoms with van der Waals surface area (Å²) in [7, 11) is 0. The fourth-order valence-electron chi connectivity index (χ4n) is 1.11. The third kappa shape index (κ3) is 3.51. The monoisotopic (exact) mass is 223 g/mol. The van der Waals surface area contributed by atoms with Gasteiger partial charge < -0.3 is 15.7 Å². The number of aliphatic hydroxyl groups is 1. The molecule has 3 N–H and O–H groups in total.